The lowest BCUT2D eigenvalue weighted by molar-refractivity contribution is -0.141. The van der Waals surface area contributed by atoms with E-state index in [0.29, 0.717) is 11.6 Å². The molecule has 0 saturated heterocycles. The summed E-state index contributed by atoms with van der Waals surface area (Å²) >= 11 is 5.95. The molecule has 0 bridgehead atoms. The Labute approximate surface area is 100 Å². The molecule has 16 heavy (non-hydrogen) atoms. The van der Waals surface area contributed by atoms with Gasteiger partial charge in [-0.15, -0.1) is 0 Å². The molecule has 0 spiro atoms. The highest BCUT2D eigenvalue weighted by Gasteiger charge is 2.00. The van der Waals surface area contributed by atoms with Gasteiger partial charge in [-0.2, -0.15) is 0 Å². The maximum atomic E-state index is 11.0. The number of carbonyl (C=O) groups is 1. The smallest absolute Gasteiger partial charge is 0.327 e. The molecule has 0 radical (unpaired) electrons. The number of carbonyl (C=O) groups excluding carboxylic acids is 1. The van der Waals surface area contributed by atoms with Gasteiger partial charge in [-0.05, 0) is 31.0 Å². The van der Waals surface area contributed by atoms with Crippen molar-refractivity contribution in [2.45, 2.75) is 13.8 Å². The lowest BCUT2D eigenvalue weighted by Crippen LogP contribution is -2.07. The zero-order valence-corrected chi connectivity index (χ0v) is 10.1. The van der Waals surface area contributed by atoms with Gasteiger partial charge in [0, 0.05) is 11.2 Å². The number of benzene rings is 1. The second-order valence-corrected chi connectivity index (χ2v) is 3.64. The van der Waals surface area contributed by atoms with Gasteiger partial charge in [0.2, 0.25) is 0 Å². The van der Waals surface area contributed by atoms with Crippen LogP contribution >= 0.6 is 11.6 Å². The number of aliphatic imine (C=N–C) groups is 1. The van der Waals surface area contributed by atoms with Gasteiger partial charge in [0.05, 0.1) is 6.61 Å². The fourth-order valence-electron chi connectivity index (χ4n) is 1.19. The summed E-state index contributed by atoms with van der Waals surface area (Å²) in [5.74, 6) is -0.321. The van der Waals surface area contributed by atoms with Crippen LogP contribution in [0.15, 0.2) is 23.2 Å². The lowest BCUT2D eigenvalue weighted by Gasteiger charge is -2.01. The molecule has 0 aromatic heterocycles. The van der Waals surface area contributed by atoms with Crippen molar-refractivity contribution in [3.05, 3.63) is 34.3 Å². The first-order chi connectivity index (χ1) is 7.65. The van der Waals surface area contributed by atoms with Crippen LogP contribution in [-0.4, -0.2) is 25.3 Å². The number of halogens is 1. The van der Waals surface area contributed by atoms with Crippen LogP contribution in [0.4, 0.5) is 0 Å². The first-order valence-electron chi connectivity index (χ1n) is 5.05. The van der Waals surface area contributed by atoms with Crippen LogP contribution in [0.3, 0.4) is 0 Å². The van der Waals surface area contributed by atoms with E-state index < -0.39 is 0 Å². The summed E-state index contributed by atoms with van der Waals surface area (Å²) in [6.07, 6.45) is 1.64. The van der Waals surface area contributed by atoms with Crippen LogP contribution in [0, 0.1) is 6.92 Å². The normalized spacial score (nSPS) is 10.7. The average molecular weight is 240 g/mol. The van der Waals surface area contributed by atoms with Crippen molar-refractivity contribution in [3.8, 4) is 0 Å². The van der Waals surface area contributed by atoms with Gasteiger partial charge in [-0.3, -0.25) is 9.79 Å². The van der Waals surface area contributed by atoms with Crippen LogP contribution in [0.5, 0.6) is 0 Å². The van der Waals surface area contributed by atoms with Gasteiger partial charge < -0.3 is 4.74 Å². The van der Waals surface area contributed by atoms with Gasteiger partial charge in [0.1, 0.15) is 6.54 Å². The molecule has 1 rings (SSSR count). The van der Waals surface area contributed by atoms with Crippen molar-refractivity contribution in [2.24, 2.45) is 4.99 Å². The van der Waals surface area contributed by atoms with Gasteiger partial charge in [-0.25, -0.2) is 0 Å². The van der Waals surface area contributed by atoms with Crippen LogP contribution in [0.1, 0.15) is 18.1 Å². The third-order valence-electron chi connectivity index (χ3n) is 2.07. The predicted octanol–water partition coefficient (Wildman–Crippen LogP) is 2.63. The van der Waals surface area contributed by atoms with E-state index in [1.807, 2.05) is 25.1 Å². The van der Waals surface area contributed by atoms with Crippen LogP contribution < -0.4 is 0 Å². The van der Waals surface area contributed by atoms with Crippen molar-refractivity contribution >= 4 is 23.8 Å². The second kappa shape index (κ2) is 6.28. The number of ether oxygens (including phenoxy) is 1. The molecule has 1 aromatic carbocycles. The summed E-state index contributed by atoms with van der Waals surface area (Å²) in [5.41, 5.74) is 1.87. The summed E-state index contributed by atoms with van der Waals surface area (Å²) in [7, 11) is 0. The highest BCUT2D eigenvalue weighted by Crippen LogP contribution is 2.16. The first-order valence-corrected chi connectivity index (χ1v) is 5.43. The Morgan fingerprint density at radius 2 is 2.31 bits per heavy atom. The maximum absolute atomic E-state index is 11.0. The van der Waals surface area contributed by atoms with E-state index in [1.54, 1.807) is 13.1 Å². The number of nitrogens with zero attached hydrogens (tertiary/aromatic N) is 1. The average Bonchev–Trinajstić information content (AvgIpc) is 2.25. The van der Waals surface area contributed by atoms with Gasteiger partial charge in [-0.1, -0.05) is 23.7 Å². The molecule has 0 aliphatic carbocycles. The van der Waals surface area contributed by atoms with E-state index in [0.717, 1.165) is 11.1 Å². The van der Waals surface area contributed by atoms with E-state index in [-0.39, 0.29) is 12.5 Å². The van der Waals surface area contributed by atoms with Crippen LogP contribution in [0.2, 0.25) is 5.02 Å². The Morgan fingerprint density at radius 1 is 1.56 bits per heavy atom. The van der Waals surface area contributed by atoms with Crippen molar-refractivity contribution in [2.75, 3.05) is 13.2 Å². The van der Waals surface area contributed by atoms with Crippen molar-refractivity contribution in [1.82, 2.24) is 0 Å². The molecular weight excluding hydrogens is 226 g/mol. The fourth-order valence-corrected chi connectivity index (χ4v) is 1.37. The molecule has 0 amide bonds. The predicted molar refractivity (Wildman–Crippen MR) is 65.3 cm³/mol. The SMILES string of the molecule is CCOC(=O)CN=Cc1cccc(Cl)c1C. The van der Waals surface area contributed by atoms with E-state index in [2.05, 4.69) is 4.99 Å². The van der Waals surface area contributed by atoms with Crippen molar-refractivity contribution in [1.29, 1.82) is 0 Å². The zero-order chi connectivity index (χ0) is 12.0. The van der Waals surface area contributed by atoms with Crippen molar-refractivity contribution in [3.63, 3.8) is 0 Å². The Hall–Kier alpha value is -1.35. The summed E-state index contributed by atoms with van der Waals surface area (Å²) < 4.78 is 4.76. The summed E-state index contributed by atoms with van der Waals surface area (Å²) in [6, 6.07) is 5.57. The second-order valence-electron chi connectivity index (χ2n) is 3.23. The minimum Gasteiger partial charge on any atom is -0.465 e. The number of hydrogen-bond donors (Lipinski definition) is 0. The Bertz CT molecular complexity index is 402. The van der Waals surface area contributed by atoms with Gasteiger partial charge >= 0.3 is 5.97 Å². The van der Waals surface area contributed by atoms with Gasteiger partial charge in [0.15, 0.2) is 0 Å². The van der Waals surface area contributed by atoms with E-state index in [1.165, 1.54) is 0 Å². The molecule has 3 nitrogen and oxygen atoms in total. The Kier molecular flexibility index (Phi) is 4.99. The molecule has 86 valence electrons. The summed E-state index contributed by atoms with van der Waals surface area (Å²) in [4.78, 5) is 15.0. The molecule has 0 atom stereocenters. The van der Waals surface area contributed by atoms with Crippen LogP contribution in [0.25, 0.3) is 0 Å². The quantitative estimate of drug-likeness (QED) is 0.599. The highest BCUT2D eigenvalue weighted by atomic mass is 35.5. The molecule has 0 fully saturated rings. The molecule has 1 aromatic rings. The minimum absolute atomic E-state index is 0.0415. The lowest BCUT2D eigenvalue weighted by atomic mass is 10.1. The molecule has 0 aliphatic heterocycles. The first kappa shape index (κ1) is 12.7. The maximum Gasteiger partial charge on any atom is 0.327 e. The third kappa shape index (κ3) is 3.66. The number of hydrogen-bond acceptors (Lipinski definition) is 3. The number of rotatable bonds is 4. The largest absolute Gasteiger partial charge is 0.465 e. The molecule has 0 saturated carbocycles. The monoisotopic (exact) mass is 239 g/mol. The van der Waals surface area contributed by atoms with E-state index in [9.17, 15) is 4.79 Å². The third-order valence-corrected chi connectivity index (χ3v) is 2.48. The highest BCUT2D eigenvalue weighted by molar-refractivity contribution is 6.31. The molecule has 4 heteroatoms. The summed E-state index contributed by atoms with van der Waals surface area (Å²) in [6.45, 7) is 4.10. The molecule has 0 N–H and O–H groups in total. The fraction of sp³-hybridized carbons (Fsp3) is 0.333. The Morgan fingerprint density at radius 3 is 3.00 bits per heavy atom. The van der Waals surface area contributed by atoms with E-state index in [4.69, 9.17) is 16.3 Å². The standard InChI is InChI=1S/C12H14ClNO2/c1-3-16-12(15)8-14-7-10-5-4-6-11(13)9(10)2/h4-7H,3,8H2,1-2H3. The minimum atomic E-state index is -0.321. The van der Waals surface area contributed by atoms with E-state index >= 15 is 0 Å². The Balaban J connectivity index is 2.63. The number of esters is 1. The molecular formula is C12H14ClNO2. The summed E-state index contributed by atoms with van der Waals surface area (Å²) in [5, 5.41) is 0.695. The van der Waals surface area contributed by atoms with Crippen LogP contribution in [-0.2, 0) is 9.53 Å². The van der Waals surface area contributed by atoms with Crippen molar-refractivity contribution < 1.29 is 9.53 Å². The van der Waals surface area contributed by atoms with Gasteiger partial charge in [0.25, 0.3) is 0 Å². The zero-order valence-electron chi connectivity index (χ0n) is 9.37. The topological polar surface area (TPSA) is 38.7 Å². The molecule has 0 aliphatic rings. The molecule has 0 heterocycles. The molecule has 0 unspecified atom stereocenters.